The summed E-state index contributed by atoms with van der Waals surface area (Å²) in [5.74, 6) is 0. The zero-order valence-corrected chi connectivity index (χ0v) is 16.9. The standard InChI is InChI=1S/C15H16Br3NS/c1-3-6-19-14(13-7-9(2)15(18)20-13)11-5-4-10(16)8-12(11)17/h4-5,7-8,14,19H,3,6H2,1-2H3. The summed E-state index contributed by atoms with van der Waals surface area (Å²) in [4.78, 5) is 1.34. The fraction of sp³-hybridized carbons (Fsp3) is 0.333. The molecule has 1 nitrogen and oxygen atoms in total. The maximum absolute atomic E-state index is 3.69. The zero-order chi connectivity index (χ0) is 14.7. The van der Waals surface area contributed by atoms with Crippen LogP contribution in [-0.4, -0.2) is 6.54 Å². The van der Waals surface area contributed by atoms with Gasteiger partial charge in [-0.05, 0) is 65.1 Å². The Bertz CT molecular complexity index is 575. The Hall–Kier alpha value is 0.320. The predicted octanol–water partition coefficient (Wildman–Crippen LogP) is 6.43. The van der Waals surface area contributed by atoms with Gasteiger partial charge in [-0.2, -0.15) is 0 Å². The van der Waals surface area contributed by atoms with Crippen LogP contribution in [0.15, 0.2) is 37.0 Å². The molecule has 1 aromatic heterocycles. The lowest BCUT2D eigenvalue weighted by Crippen LogP contribution is -2.22. The van der Waals surface area contributed by atoms with Crippen molar-refractivity contribution in [2.24, 2.45) is 0 Å². The highest BCUT2D eigenvalue weighted by atomic mass is 79.9. The average Bonchev–Trinajstić information content (AvgIpc) is 2.72. The van der Waals surface area contributed by atoms with Crippen molar-refractivity contribution in [2.75, 3.05) is 6.54 Å². The lowest BCUT2D eigenvalue weighted by molar-refractivity contribution is 0.604. The van der Waals surface area contributed by atoms with Crippen LogP contribution in [-0.2, 0) is 0 Å². The molecule has 0 aliphatic carbocycles. The molecule has 0 spiro atoms. The number of hydrogen-bond acceptors (Lipinski definition) is 2. The van der Waals surface area contributed by atoms with Gasteiger partial charge in [0.15, 0.2) is 0 Å². The maximum Gasteiger partial charge on any atom is 0.0731 e. The molecule has 0 aliphatic heterocycles. The first-order valence-electron chi connectivity index (χ1n) is 6.47. The fourth-order valence-corrected chi connectivity index (χ4v) is 4.96. The van der Waals surface area contributed by atoms with Crippen molar-refractivity contribution >= 4 is 59.1 Å². The molecule has 0 saturated carbocycles. The Morgan fingerprint density at radius 1 is 1.20 bits per heavy atom. The molecule has 0 bridgehead atoms. The second-order valence-electron chi connectivity index (χ2n) is 4.66. The third kappa shape index (κ3) is 3.95. The van der Waals surface area contributed by atoms with Crippen LogP contribution in [0.4, 0.5) is 0 Å². The summed E-state index contributed by atoms with van der Waals surface area (Å²) in [6, 6.07) is 8.86. The van der Waals surface area contributed by atoms with Gasteiger partial charge >= 0.3 is 0 Å². The molecule has 1 atom stereocenters. The molecule has 0 fully saturated rings. The van der Waals surface area contributed by atoms with Crippen molar-refractivity contribution in [3.05, 3.63) is 53.0 Å². The van der Waals surface area contributed by atoms with Gasteiger partial charge in [0.2, 0.25) is 0 Å². The second-order valence-corrected chi connectivity index (χ2v) is 8.83. The fourth-order valence-electron chi connectivity index (χ4n) is 2.01. The van der Waals surface area contributed by atoms with Crippen molar-refractivity contribution in [1.29, 1.82) is 0 Å². The van der Waals surface area contributed by atoms with Crippen LogP contribution in [0, 0.1) is 6.92 Å². The molecule has 0 aliphatic rings. The number of rotatable bonds is 5. The van der Waals surface area contributed by atoms with Crippen molar-refractivity contribution in [3.8, 4) is 0 Å². The summed E-state index contributed by atoms with van der Waals surface area (Å²) in [5.41, 5.74) is 2.57. The highest BCUT2D eigenvalue weighted by Gasteiger charge is 2.19. The molecule has 2 aromatic rings. The van der Waals surface area contributed by atoms with Crippen LogP contribution < -0.4 is 5.32 Å². The van der Waals surface area contributed by atoms with Crippen LogP contribution in [0.25, 0.3) is 0 Å². The van der Waals surface area contributed by atoms with E-state index in [0.29, 0.717) is 0 Å². The van der Waals surface area contributed by atoms with E-state index in [2.05, 4.69) is 91.2 Å². The molecule has 1 heterocycles. The monoisotopic (exact) mass is 479 g/mol. The van der Waals surface area contributed by atoms with E-state index in [1.807, 2.05) is 0 Å². The quantitative estimate of drug-likeness (QED) is 0.518. The van der Waals surface area contributed by atoms with Crippen molar-refractivity contribution < 1.29 is 0 Å². The predicted molar refractivity (Wildman–Crippen MR) is 98.7 cm³/mol. The summed E-state index contributed by atoms with van der Waals surface area (Å²) < 4.78 is 3.43. The average molecular weight is 482 g/mol. The number of aryl methyl sites for hydroxylation is 1. The lowest BCUT2D eigenvalue weighted by atomic mass is 10.0. The van der Waals surface area contributed by atoms with E-state index in [1.54, 1.807) is 11.3 Å². The van der Waals surface area contributed by atoms with Crippen LogP contribution >= 0.6 is 59.1 Å². The van der Waals surface area contributed by atoms with Gasteiger partial charge in [-0.25, -0.2) is 0 Å². The molecule has 1 N–H and O–H groups in total. The van der Waals surface area contributed by atoms with Gasteiger partial charge in [0, 0.05) is 13.8 Å². The summed E-state index contributed by atoms with van der Waals surface area (Å²) in [7, 11) is 0. The minimum Gasteiger partial charge on any atom is -0.306 e. The smallest absolute Gasteiger partial charge is 0.0731 e. The Balaban J connectivity index is 2.41. The third-order valence-electron chi connectivity index (χ3n) is 3.03. The molecule has 1 aromatic carbocycles. The largest absolute Gasteiger partial charge is 0.306 e. The normalized spacial score (nSPS) is 12.7. The van der Waals surface area contributed by atoms with Crippen molar-refractivity contribution in [1.82, 2.24) is 5.32 Å². The first kappa shape index (κ1) is 16.7. The van der Waals surface area contributed by atoms with E-state index in [-0.39, 0.29) is 6.04 Å². The van der Waals surface area contributed by atoms with E-state index in [4.69, 9.17) is 0 Å². The van der Waals surface area contributed by atoms with E-state index in [1.165, 1.54) is 19.8 Å². The second kappa shape index (κ2) is 7.54. The molecule has 0 radical (unpaired) electrons. The van der Waals surface area contributed by atoms with Gasteiger partial charge in [0.25, 0.3) is 0 Å². The van der Waals surface area contributed by atoms with Crippen molar-refractivity contribution in [3.63, 3.8) is 0 Å². The van der Waals surface area contributed by atoms with Gasteiger partial charge in [-0.3, -0.25) is 0 Å². The van der Waals surface area contributed by atoms with Crippen LogP contribution in [0.5, 0.6) is 0 Å². The molecule has 108 valence electrons. The topological polar surface area (TPSA) is 12.0 Å². The molecule has 20 heavy (non-hydrogen) atoms. The van der Waals surface area contributed by atoms with Gasteiger partial charge < -0.3 is 5.32 Å². The minimum atomic E-state index is 0.229. The Kier molecular flexibility index (Phi) is 6.29. The summed E-state index contributed by atoms with van der Waals surface area (Å²) in [6.07, 6.45) is 1.12. The van der Waals surface area contributed by atoms with Crippen LogP contribution in [0.1, 0.15) is 35.4 Å². The minimum absolute atomic E-state index is 0.229. The Morgan fingerprint density at radius 2 is 1.95 bits per heavy atom. The van der Waals surface area contributed by atoms with E-state index >= 15 is 0 Å². The summed E-state index contributed by atoms with van der Waals surface area (Å²) in [5, 5.41) is 3.65. The van der Waals surface area contributed by atoms with Crippen LogP contribution in [0.3, 0.4) is 0 Å². The molecule has 2 rings (SSSR count). The molecule has 5 heteroatoms. The highest BCUT2D eigenvalue weighted by Crippen LogP contribution is 2.37. The summed E-state index contributed by atoms with van der Waals surface area (Å²) >= 11 is 12.6. The van der Waals surface area contributed by atoms with Gasteiger partial charge in [-0.1, -0.05) is 44.8 Å². The molecular weight excluding hydrogens is 466 g/mol. The molecule has 1 unspecified atom stereocenters. The van der Waals surface area contributed by atoms with E-state index in [9.17, 15) is 0 Å². The van der Waals surface area contributed by atoms with Gasteiger partial charge in [-0.15, -0.1) is 11.3 Å². The number of benzene rings is 1. The van der Waals surface area contributed by atoms with Crippen molar-refractivity contribution in [2.45, 2.75) is 26.3 Å². The SMILES string of the molecule is CCCNC(c1cc(C)c(Br)s1)c1ccc(Br)cc1Br. The molecule has 0 amide bonds. The first-order valence-corrected chi connectivity index (χ1v) is 9.66. The number of thiophene rings is 1. The van der Waals surface area contributed by atoms with Gasteiger partial charge in [0.1, 0.15) is 0 Å². The Morgan fingerprint density at radius 3 is 2.50 bits per heavy atom. The van der Waals surface area contributed by atoms with E-state index < -0.39 is 0 Å². The summed E-state index contributed by atoms with van der Waals surface area (Å²) in [6.45, 7) is 5.33. The third-order valence-corrected chi connectivity index (χ3v) is 6.41. The highest BCUT2D eigenvalue weighted by molar-refractivity contribution is 9.11. The Labute approximate surface area is 149 Å². The lowest BCUT2D eigenvalue weighted by Gasteiger charge is -2.19. The molecule has 0 saturated heterocycles. The van der Waals surface area contributed by atoms with Crippen LogP contribution in [0.2, 0.25) is 0 Å². The van der Waals surface area contributed by atoms with E-state index in [0.717, 1.165) is 21.9 Å². The zero-order valence-electron chi connectivity index (χ0n) is 11.3. The van der Waals surface area contributed by atoms with Gasteiger partial charge in [0.05, 0.1) is 9.83 Å². The maximum atomic E-state index is 3.69. The first-order chi connectivity index (χ1) is 9.52. The number of hydrogen-bond donors (Lipinski definition) is 1. The number of nitrogens with one attached hydrogen (secondary N) is 1. The number of halogens is 3. The molecular formula is C15H16Br3NS.